The van der Waals surface area contributed by atoms with Crippen LogP contribution in [0.25, 0.3) is 0 Å². The molecule has 22 heavy (non-hydrogen) atoms. The van der Waals surface area contributed by atoms with Crippen molar-refractivity contribution in [2.24, 2.45) is 0 Å². The number of benzene rings is 1. The van der Waals surface area contributed by atoms with Crippen molar-refractivity contribution in [3.8, 4) is 0 Å². The predicted octanol–water partition coefficient (Wildman–Crippen LogP) is 4.96. The Morgan fingerprint density at radius 3 is 2.68 bits per heavy atom. The molecule has 1 unspecified atom stereocenters. The molecule has 1 aromatic carbocycles. The van der Waals surface area contributed by atoms with E-state index in [0.29, 0.717) is 10.8 Å². The van der Waals surface area contributed by atoms with Crippen LogP contribution in [-0.2, 0) is 9.53 Å². The van der Waals surface area contributed by atoms with E-state index in [9.17, 15) is 4.79 Å². The quantitative estimate of drug-likeness (QED) is 0.783. The van der Waals surface area contributed by atoms with E-state index in [1.807, 2.05) is 24.3 Å². The Balaban J connectivity index is 2.29. The molecular weight excluding hydrogens is 320 g/mol. The van der Waals surface area contributed by atoms with E-state index in [2.05, 4.69) is 23.8 Å². The molecule has 0 amide bonds. The van der Waals surface area contributed by atoms with Gasteiger partial charge in [0.15, 0.2) is 6.10 Å². The van der Waals surface area contributed by atoms with E-state index in [4.69, 9.17) is 16.3 Å². The number of ether oxygens (including phenoxy) is 1. The van der Waals surface area contributed by atoms with E-state index in [1.165, 1.54) is 6.92 Å². The largest absolute Gasteiger partial charge is 0.455 e. The third-order valence-corrected chi connectivity index (χ3v) is 4.26. The number of aromatic amines is 1. The molecule has 6 heteroatoms. The van der Waals surface area contributed by atoms with Crippen molar-refractivity contribution in [2.45, 2.75) is 49.6 Å². The molecule has 0 fully saturated rings. The fourth-order valence-electron chi connectivity index (χ4n) is 2.00. The summed E-state index contributed by atoms with van der Waals surface area (Å²) in [5.74, 6) is 0.620. The minimum atomic E-state index is -0.399. The summed E-state index contributed by atoms with van der Waals surface area (Å²) in [5, 5.41) is 1.58. The van der Waals surface area contributed by atoms with Crippen LogP contribution in [-0.4, -0.2) is 15.9 Å². The molecular formula is C16H19ClN2O2S. The molecule has 0 bridgehead atoms. The van der Waals surface area contributed by atoms with Gasteiger partial charge in [-0.2, -0.15) is 0 Å². The average molecular weight is 339 g/mol. The number of carbonyl (C=O) groups excluding carboxylic acids is 1. The monoisotopic (exact) mass is 338 g/mol. The Bertz CT molecular complexity index is 670. The third-order valence-electron chi connectivity index (χ3n) is 3.03. The second-order valence-electron chi connectivity index (χ2n) is 5.31. The molecule has 1 N–H and O–H groups in total. The lowest BCUT2D eigenvalue weighted by Crippen LogP contribution is -2.06. The van der Waals surface area contributed by atoms with Crippen molar-refractivity contribution in [2.75, 3.05) is 0 Å². The lowest BCUT2D eigenvalue weighted by Gasteiger charge is -2.08. The molecule has 0 radical (unpaired) electrons. The number of nitrogens with one attached hydrogen (secondary N) is 1. The number of hydrogen-bond acceptors (Lipinski definition) is 4. The van der Waals surface area contributed by atoms with Crippen LogP contribution in [0.15, 0.2) is 34.2 Å². The molecule has 0 saturated heterocycles. The van der Waals surface area contributed by atoms with Gasteiger partial charge in [0, 0.05) is 16.8 Å². The van der Waals surface area contributed by atoms with Crippen molar-refractivity contribution in [1.82, 2.24) is 9.97 Å². The van der Waals surface area contributed by atoms with Crippen LogP contribution < -0.4 is 0 Å². The number of esters is 1. The number of nitrogens with zero attached hydrogens (tertiary/aromatic N) is 1. The van der Waals surface area contributed by atoms with Gasteiger partial charge in [0.05, 0.1) is 5.69 Å². The normalized spacial score (nSPS) is 12.5. The first kappa shape index (κ1) is 16.9. The third kappa shape index (κ3) is 4.27. The highest BCUT2D eigenvalue weighted by molar-refractivity contribution is 7.99. The molecule has 0 aliphatic heterocycles. The van der Waals surface area contributed by atoms with Crippen LogP contribution >= 0.6 is 23.4 Å². The molecule has 118 valence electrons. The first-order valence-corrected chi connectivity index (χ1v) is 8.26. The van der Waals surface area contributed by atoms with E-state index in [0.717, 1.165) is 15.6 Å². The van der Waals surface area contributed by atoms with Crippen molar-refractivity contribution in [3.05, 3.63) is 40.8 Å². The highest BCUT2D eigenvalue weighted by atomic mass is 35.5. The van der Waals surface area contributed by atoms with Crippen molar-refractivity contribution in [3.63, 3.8) is 0 Å². The van der Waals surface area contributed by atoms with E-state index in [1.54, 1.807) is 18.7 Å². The van der Waals surface area contributed by atoms with E-state index in [-0.39, 0.29) is 11.9 Å². The fraction of sp³-hybridized carbons (Fsp3) is 0.375. The van der Waals surface area contributed by atoms with E-state index >= 15 is 0 Å². The molecule has 2 rings (SSSR count). The standard InChI is InChI=1S/C16H19ClN2O2S/c1-9(2)14-16(22-13-7-5-6-12(17)8-13)19-15(18-14)10(3)21-11(4)20/h5-10H,1-4H3,(H,18,19). The summed E-state index contributed by atoms with van der Waals surface area (Å²) in [4.78, 5) is 20.0. The molecule has 0 aliphatic rings. The predicted molar refractivity (Wildman–Crippen MR) is 88.4 cm³/mol. The second-order valence-corrected chi connectivity index (χ2v) is 6.81. The first-order valence-electron chi connectivity index (χ1n) is 7.07. The highest BCUT2D eigenvalue weighted by Crippen LogP contribution is 2.34. The SMILES string of the molecule is CC(=O)OC(C)c1nc(Sc2cccc(Cl)c2)c(C(C)C)[nH]1. The molecule has 0 saturated carbocycles. The Labute approximate surface area is 139 Å². The van der Waals surface area contributed by atoms with Crippen molar-refractivity contribution < 1.29 is 9.53 Å². The Morgan fingerprint density at radius 1 is 1.36 bits per heavy atom. The fourth-order valence-corrected chi connectivity index (χ4v) is 3.35. The summed E-state index contributed by atoms with van der Waals surface area (Å²) in [6.45, 7) is 7.38. The summed E-state index contributed by atoms with van der Waals surface area (Å²) in [7, 11) is 0. The molecule has 4 nitrogen and oxygen atoms in total. The van der Waals surface area contributed by atoms with Gasteiger partial charge in [0.2, 0.25) is 0 Å². The highest BCUT2D eigenvalue weighted by Gasteiger charge is 2.19. The Hall–Kier alpha value is -1.46. The summed E-state index contributed by atoms with van der Waals surface area (Å²) < 4.78 is 5.19. The van der Waals surface area contributed by atoms with Gasteiger partial charge >= 0.3 is 5.97 Å². The zero-order chi connectivity index (χ0) is 16.3. The smallest absolute Gasteiger partial charge is 0.303 e. The van der Waals surface area contributed by atoms with Crippen LogP contribution in [0.2, 0.25) is 5.02 Å². The lowest BCUT2D eigenvalue weighted by molar-refractivity contribution is -0.146. The maximum atomic E-state index is 11.1. The van der Waals surface area contributed by atoms with Gasteiger partial charge in [-0.05, 0) is 31.0 Å². The molecule has 1 heterocycles. The zero-order valence-corrected chi connectivity index (χ0v) is 14.6. The average Bonchev–Trinajstić information content (AvgIpc) is 2.82. The topological polar surface area (TPSA) is 55.0 Å². The molecule has 1 aromatic heterocycles. The zero-order valence-electron chi connectivity index (χ0n) is 13.0. The maximum Gasteiger partial charge on any atom is 0.303 e. The van der Waals surface area contributed by atoms with Crippen LogP contribution in [0.3, 0.4) is 0 Å². The van der Waals surface area contributed by atoms with Crippen LogP contribution in [0.1, 0.15) is 51.2 Å². The number of aromatic nitrogens is 2. The van der Waals surface area contributed by atoms with Gasteiger partial charge in [-0.15, -0.1) is 0 Å². The summed E-state index contributed by atoms with van der Waals surface area (Å²) in [6.07, 6.45) is -0.399. The number of hydrogen-bond donors (Lipinski definition) is 1. The molecule has 0 spiro atoms. The van der Waals surface area contributed by atoms with Crippen molar-refractivity contribution >= 4 is 29.3 Å². The van der Waals surface area contributed by atoms with Gasteiger partial charge in [-0.1, -0.05) is 43.3 Å². The van der Waals surface area contributed by atoms with Gasteiger partial charge in [0.1, 0.15) is 10.9 Å². The number of H-pyrrole nitrogens is 1. The second kappa shape index (κ2) is 7.20. The maximum absolute atomic E-state index is 11.1. The Kier molecular flexibility index (Phi) is 5.53. The minimum Gasteiger partial charge on any atom is -0.455 e. The summed E-state index contributed by atoms with van der Waals surface area (Å²) in [5.41, 5.74) is 1.03. The van der Waals surface area contributed by atoms with Gasteiger partial charge in [-0.25, -0.2) is 4.98 Å². The minimum absolute atomic E-state index is 0.285. The number of carbonyl (C=O) groups is 1. The van der Waals surface area contributed by atoms with Crippen LogP contribution in [0.5, 0.6) is 0 Å². The van der Waals surface area contributed by atoms with Gasteiger partial charge in [0.25, 0.3) is 0 Å². The summed E-state index contributed by atoms with van der Waals surface area (Å²) >= 11 is 7.57. The van der Waals surface area contributed by atoms with Crippen molar-refractivity contribution in [1.29, 1.82) is 0 Å². The number of halogens is 1. The Morgan fingerprint density at radius 2 is 2.09 bits per heavy atom. The summed E-state index contributed by atoms with van der Waals surface area (Å²) in [6, 6.07) is 7.65. The molecule has 1 atom stereocenters. The number of imidazole rings is 1. The molecule has 0 aliphatic carbocycles. The van der Waals surface area contributed by atoms with E-state index < -0.39 is 6.10 Å². The first-order chi connectivity index (χ1) is 10.4. The van der Waals surface area contributed by atoms with Crippen LogP contribution in [0, 0.1) is 0 Å². The number of rotatable bonds is 5. The van der Waals surface area contributed by atoms with Gasteiger partial charge < -0.3 is 9.72 Å². The van der Waals surface area contributed by atoms with Crippen LogP contribution in [0.4, 0.5) is 0 Å². The lowest BCUT2D eigenvalue weighted by atomic mass is 10.2. The molecule has 2 aromatic rings. The van der Waals surface area contributed by atoms with Gasteiger partial charge in [-0.3, -0.25) is 4.79 Å².